The average Bonchev–Trinajstić information content (AvgIpc) is 3.57. The molecule has 0 saturated heterocycles. The zero-order valence-corrected chi connectivity index (χ0v) is 18.5. The van der Waals surface area contributed by atoms with E-state index in [4.69, 9.17) is 0 Å². The fourth-order valence-electron chi connectivity index (χ4n) is 4.10. The van der Waals surface area contributed by atoms with Gasteiger partial charge in [-0.3, -0.25) is 19.1 Å². The van der Waals surface area contributed by atoms with Crippen LogP contribution in [-0.4, -0.2) is 52.7 Å². The number of amides is 2. The van der Waals surface area contributed by atoms with Crippen LogP contribution in [0.2, 0.25) is 0 Å². The number of esters is 1. The molecular formula is C24H30N4O4. The number of hydrogen-bond donors (Lipinski definition) is 1. The second-order valence-electron chi connectivity index (χ2n) is 8.53. The van der Waals surface area contributed by atoms with E-state index in [1.54, 1.807) is 0 Å². The van der Waals surface area contributed by atoms with Crippen LogP contribution in [0.3, 0.4) is 0 Å². The minimum absolute atomic E-state index is 0.0893. The zero-order chi connectivity index (χ0) is 22.5. The number of aromatic nitrogens is 2. The third kappa shape index (κ3) is 5.36. The van der Waals surface area contributed by atoms with Crippen molar-refractivity contribution in [2.45, 2.75) is 51.6 Å². The van der Waals surface area contributed by atoms with Crippen LogP contribution in [0.25, 0.3) is 0 Å². The number of carbonyl (C=O) groups excluding carboxylic acids is 3. The molecule has 1 fully saturated rings. The molecule has 0 spiro atoms. The first-order valence-corrected chi connectivity index (χ1v) is 11.3. The van der Waals surface area contributed by atoms with E-state index >= 15 is 0 Å². The number of fused-ring (bicyclic) bond motifs is 1. The third-order valence-corrected chi connectivity index (χ3v) is 6.14. The highest BCUT2D eigenvalue weighted by molar-refractivity contribution is 5.94. The van der Waals surface area contributed by atoms with Crippen LogP contribution < -0.4 is 5.32 Å². The second kappa shape index (κ2) is 9.97. The fraction of sp³-hybridized carbons (Fsp3) is 0.500. The lowest BCUT2D eigenvalue weighted by atomic mass is 10.0. The number of hydrogen-bond acceptors (Lipinski definition) is 5. The molecule has 1 aromatic heterocycles. The zero-order valence-electron chi connectivity index (χ0n) is 18.5. The Balaban J connectivity index is 1.45. The van der Waals surface area contributed by atoms with Crippen molar-refractivity contribution < 1.29 is 19.1 Å². The molecule has 1 aromatic carbocycles. The van der Waals surface area contributed by atoms with Crippen molar-refractivity contribution in [3.63, 3.8) is 0 Å². The van der Waals surface area contributed by atoms with E-state index < -0.39 is 0 Å². The predicted molar refractivity (Wildman–Crippen MR) is 118 cm³/mol. The molecule has 1 N–H and O–H groups in total. The Labute approximate surface area is 187 Å². The highest BCUT2D eigenvalue weighted by atomic mass is 16.5. The number of aryl methyl sites for hydroxylation is 1. The van der Waals surface area contributed by atoms with Crippen molar-refractivity contribution in [2.75, 3.05) is 20.2 Å². The molecule has 0 unspecified atom stereocenters. The molecule has 1 saturated carbocycles. The molecular weight excluding hydrogens is 408 g/mol. The van der Waals surface area contributed by atoms with Gasteiger partial charge in [-0.25, -0.2) is 0 Å². The highest BCUT2D eigenvalue weighted by Crippen LogP contribution is 2.32. The maximum atomic E-state index is 12.9. The molecule has 0 radical (unpaired) electrons. The van der Waals surface area contributed by atoms with E-state index in [9.17, 15) is 14.4 Å². The standard InChI is InChI=1S/C24H30N4O4/c1-32-22(30)11-13-25-24(31)23-19-16-27(21(29)10-9-17-5-3-2-4-6-17)14-12-20(19)28(26-23)15-18-7-8-18/h2-6,18H,7-16H2,1H3,(H,25,31). The first kappa shape index (κ1) is 22.0. The largest absolute Gasteiger partial charge is 0.469 e. The Kier molecular flexibility index (Phi) is 6.87. The van der Waals surface area contributed by atoms with Crippen molar-refractivity contribution in [2.24, 2.45) is 5.92 Å². The number of nitrogens with zero attached hydrogens (tertiary/aromatic N) is 3. The molecule has 1 aliphatic carbocycles. The summed E-state index contributed by atoms with van der Waals surface area (Å²) in [7, 11) is 1.32. The van der Waals surface area contributed by atoms with Crippen LogP contribution in [0.4, 0.5) is 0 Å². The Morgan fingerprint density at radius 1 is 1.16 bits per heavy atom. The molecule has 1 aliphatic heterocycles. The summed E-state index contributed by atoms with van der Waals surface area (Å²) >= 11 is 0. The van der Waals surface area contributed by atoms with Crippen molar-refractivity contribution in [3.05, 3.63) is 52.8 Å². The van der Waals surface area contributed by atoms with Gasteiger partial charge in [0.1, 0.15) is 0 Å². The molecule has 32 heavy (non-hydrogen) atoms. The topological polar surface area (TPSA) is 93.5 Å². The molecule has 2 heterocycles. The summed E-state index contributed by atoms with van der Waals surface area (Å²) in [4.78, 5) is 38.9. The highest BCUT2D eigenvalue weighted by Gasteiger charge is 2.32. The van der Waals surface area contributed by atoms with E-state index in [0.717, 1.165) is 23.4 Å². The summed E-state index contributed by atoms with van der Waals surface area (Å²) in [6.45, 7) is 2.04. The van der Waals surface area contributed by atoms with Crippen LogP contribution in [0, 0.1) is 5.92 Å². The van der Waals surface area contributed by atoms with Crippen molar-refractivity contribution in [1.29, 1.82) is 0 Å². The van der Waals surface area contributed by atoms with Gasteiger partial charge in [0.15, 0.2) is 5.69 Å². The number of nitrogens with one attached hydrogen (secondary N) is 1. The summed E-state index contributed by atoms with van der Waals surface area (Å²) in [5.74, 6) is 0.0336. The Morgan fingerprint density at radius 3 is 2.66 bits per heavy atom. The Bertz CT molecular complexity index is 981. The lowest BCUT2D eigenvalue weighted by molar-refractivity contribution is -0.140. The lowest BCUT2D eigenvalue weighted by Gasteiger charge is -2.28. The Morgan fingerprint density at radius 2 is 1.94 bits per heavy atom. The fourth-order valence-corrected chi connectivity index (χ4v) is 4.10. The number of methoxy groups -OCH3 is 1. The first-order chi connectivity index (χ1) is 15.5. The van der Waals surface area contributed by atoms with Gasteiger partial charge in [0.2, 0.25) is 5.91 Å². The Hall–Kier alpha value is -3.16. The smallest absolute Gasteiger partial charge is 0.307 e. The summed E-state index contributed by atoms with van der Waals surface area (Å²) in [6.07, 6.45) is 4.33. The summed E-state index contributed by atoms with van der Waals surface area (Å²) in [5, 5.41) is 7.40. The average molecular weight is 439 g/mol. The quantitative estimate of drug-likeness (QED) is 0.605. The molecule has 0 atom stereocenters. The SMILES string of the molecule is COC(=O)CCNC(=O)c1nn(CC2CC2)c2c1CN(C(=O)CCc1ccccc1)CC2. The summed E-state index contributed by atoms with van der Waals surface area (Å²) in [5.41, 5.74) is 3.40. The van der Waals surface area contributed by atoms with Crippen molar-refractivity contribution in [1.82, 2.24) is 20.0 Å². The first-order valence-electron chi connectivity index (χ1n) is 11.3. The van der Waals surface area contributed by atoms with E-state index in [2.05, 4.69) is 15.2 Å². The van der Waals surface area contributed by atoms with Crippen LogP contribution >= 0.6 is 0 Å². The van der Waals surface area contributed by atoms with Crippen molar-refractivity contribution >= 4 is 17.8 Å². The second-order valence-corrected chi connectivity index (χ2v) is 8.53. The molecule has 8 nitrogen and oxygen atoms in total. The molecule has 8 heteroatoms. The van der Waals surface area contributed by atoms with Crippen molar-refractivity contribution in [3.8, 4) is 0 Å². The number of ether oxygens (including phenoxy) is 1. The van der Waals surface area contributed by atoms with Gasteiger partial charge in [0.05, 0.1) is 13.5 Å². The van der Waals surface area contributed by atoms with Crippen LogP contribution in [0.1, 0.15) is 53.0 Å². The monoisotopic (exact) mass is 438 g/mol. The van der Waals surface area contributed by atoms with E-state index in [0.29, 0.717) is 44.0 Å². The molecule has 2 amide bonds. The summed E-state index contributed by atoms with van der Waals surface area (Å²) < 4.78 is 6.59. The molecule has 0 bridgehead atoms. The molecule has 2 aromatic rings. The number of rotatable bonds is 9. The van der Waals surface area contributed by atoms with Gasteiger partial charge in [-0.2, -0.15) is 5.10 Å². The molecule has 4 rings (SSSR count). The van der Waals surface area contributed by atoms with E-state index in [-0.39, 0.29) is 30.7 Å². The maximum absolute atomic E-state index is 12.9. The van der Waals surface area contributed by atoms with Crippen LogP contribution in [-0.2, 0) is 40.3 Å². The van der Waals surface area contributed by atoms with Gasteiger partial charge >= 0.3 is 5.97 Å². The van der Waals surface area contributed by atoms with Crippen LogP contribution in [0.5, 0.6) is 0 Å². The van der Waals surface area contributed by atoms with Gasteiger partial charge in [-0.1, -0.05) is 30.3 Å². The van der Waals surface area contributed by atoms with Gasteiger partial charge < -0.3 is 15.0 Å². The minimum Gasteiger partial charge on any atom is -0.469 e. The molecule has 170 valence electrons. The van der Waals surface area contributed by atoms with Gasteiger partial charge in [-0.15, -0.1) is 0 Å². The predicted octanol–water partition coefficient (Wildman–Crippen LogP) is 2.10. The summed E-state index contributed by atoms with van der Waals surface area (Å²) in [6, 6.07) is 9.98. The number of benzene rings is 1. The molecule has 2 aliphatic rings. The third-order valence-electron chi connectivity index (χ3n) is 6.14. The van der Waals surface area contributed by atoms with Crippen LogP contribution in [0.15, 0.2) is 30.3 Å². The van der Waals surface area contributed by atoms with E-state index in [1.165, 1.54) is 20.0 Å². The van der Waals surface area contributed by atoms with Gasteiger partial charge in [0, 0.05) is 50.3 Å². The minimum atomic E-state index is -0.373. The normalized spacial score (nSPS) is 15.2. The lowest BCUT2D eigenvalue weighted by Crippen LogP contribution is -2.37. The van der Waals surface area contributed by atoms with Gasteiger partial charge in [0.25, 0.3) is 5.91 Å². The van der Waals surface area contributed by atoms with Gasteiger partial charge in [-0.05, 0) is 30.7 Å². The number of carbonyl (C=O) groups is 3. The maximum Gasteiger partial charge on any atom is 0.307 e. The van der Waals surface area contributed by atoms with E-state index in [1.807, 2.05) is 39.9 Å².